The van der Waals surface area contributed by atoms with Gasteiger partial charge >= 0.3 is 0 Å². The first-order chi connectivity index (χ1) is 13.1. The highest BCUT2D eigenvalue weighted by atomic mass is 35.5. The number of aromatic nitrogens is 1. The fourth-order valence-electron chi connectivity index (χ4n) is 3.28. The van der Waals surface area contributed by atoms with E-state index in [4.69, 9.17) is 16.3 Å². The second-order valence-corrected chi connectivity index (χ2v) is 6.72. The molecule has 4 nitrogen and oxygen atoms in total. The van der Waals surface area contributed by atoms with E-state index in [2.05, 4.69) is 10.3 Å². The number of benzene rings is 2. The average molecular weight is 383 g/mol. The first-order valence-electron chi connectivity index (χ1n) is 8.45. The predicted octanol–water partition coefficient (Wildman–Crippen LogP) is 4.94. The summed E-state index contributed by atoms with van der Waals surface area (Å²) in [4.78, 5) is 17.4. The number of methoxy groups -OCH3 is 1. The van der Waals surface area contributed by atoms with Crippen LogP contribution in [-0.4, -0.2) is 24.4 Å². The van der Waals surface area contributed by atoms with Crippen molar-refractivity contribution in [2.24, 2.45) is 0 Å². The van der Waals surface area contributed by atoms with Crippen LogP contribution in [0.15, 0.2) is 54.7 Å². The Morgan fingerprint density at radius 1 is 1.22 bits per heavy atom. The molecule has 1 N–H and O–H groups in total. The van der Waals surface area contributed by atoms with Gasteiger partial charge in [0.2, 0.25) is 0 Å². The maximum Gasteiger partial charge on any atom is 0.175 e. The summed E-state index contributed by atoms with van der Waals surface area (Å²) in [7, 11) is 1.38. The minimum absolute atomic E-state index is 0.0193. The van der Waals surface area contributed by atoms with E-state index < -0.39 is 11.7 Å². The number of carbonyl (C=O) groups excluding carboxylic acids is 1. The van der Waals surface area contributed by atoms with Crippen molar-refractivity contribution in [1.82, 2.24) is 4.98 Å². The molecule has 1 atom stereocenters. The lowest BCUT2D eigenvalue weighted by atomic mass is 9.91. The van der Waals surface area contributed by atoms with Crippen LogP contribution < -0.4 is 10.1 Å². The third-order valence-electron chi connectivity index (χ3n) is 4.71. The highest BCUT2D eigenvalue weighted by molar-refractivity contribution is 6.30. The summed E-state index contributed by atoms with van der Waals surface area (Å²) in [6.07, 6.45) is 1.74. The molecule has 27 heavy (non-hydrogen) atoms. The lowest BCUT2D eigenvalue weighted by Crippen LogP contribution is -2.16. The van der Waals surface area contributed by atoms with Gasteiger partial charge in [0.1, 0.15) is 5.82 Å². The summed E-state index contributed by atoms with van der Waals surface area (Å²) in [6, 6.07) is 13.9. The molecular weight excluding hydrogens is 367 g/mol. The second-order valence-electron chi connectivity index (χ2n) is 6.29. The van der Waals surface area contributed by atoms with E-state index in [0.717, 1.165) is 16.7 Å². The molecule has 3 aromatic rings. The number of anilines is 1. The number of carbonyl (C=O) groups is 1. The molecule has 0 bridgehead atoms. The average Bonchev–Trinajstić information content (AvgIpc) is 3.11. The summed E-state index contributed by atoms with van der Waals surface area (Å²) in [5.41, 5.74) is 2.60. The Kier molecular flexibility index (Phi) is 4.54. The standard InChI is InChI=1S/C21H16ClFN2O2/c1-27-18-4-2-3-15(19(18)23)20(26)17-11-25-21-16(17)9-13(10-24-21)12-5-7-14(22)8-6-12/h2-10,17H,11H2,1H3,(H,24,25). The van der Waals surface area contributed by atoms with Gasteiger partial charge in [-0.3, -0.25) is 4.79 Å². The van der Waals surface area contributed by atoms with Crippen LogP contribution in [0.1, 0.15) is 21.8 Å². The SMILES string of the molecule is COc1cccc(C(=O)C2CNc3ncc(-c4ccc(Cl)cc4)cc32)c1F. The van der Waals surface area contributed by atoms with E-state index in [1.54, 1.807) is 24.4 Å². The first-order valence-corrected chi connectivity index (χ1v) is 8.82. The lowest BCUT2D eigenvalue weighted by molar-refractivity contribution is 0.0961. The molecule has 136 valence electrons. The predicted molar refractivity (Wildman–Crippen MR) is 103 cm³/mol. The molecule has 0 amide bonds. The lowest BCUT2D eigenvalue weighted by Gasteiger charge is -2.12. The fraction of sp³-hybridized carbons (Fsp3) is 0.143. The minimum Gasteiger partial charge on any atom is -0.494 e. The summed E-state index contributed by atoms with van der Waals surface area (Å²) in [5.74, 6) is -0.747. The van der Waals surface area contributed by atoms with Gasteiger partial charge in [0.25, 0.3) is 0 Å². The van der Waals surface area contributed by atoms with Crippen LogP contribution in [0.2, 0.25) is 5.02 Å². The molecule has 0 saturated heterocycles. The topological polar surface area (TPSA) is 51.2 Å². The van der Waals surface area contributed by atoms with Crippen LogP contribution in [0.5, 0.6) is 5.75 Å². The van der Waals surface area contributed by atoms with Crippen LogP contribution >= 0.6 is 11.6 Å². The summed E-state index contributed by atoms with van der Waals surface area (Å²) >= 11 is 5.95. The van der Waals surface area contributed by atoms with Gasteiger partial charge in [-0.1, -0.05) is 29.8 Å². The van der Waals surface area contributed by atoms with Crippen molar-refractivity contribution < 1.29 is 13.9 Å². The molecular formula is C21H16ClFN2O2. The van der Waals surface area contributed by atoms with Gasteiger partial charge in [-0.2, -0.15) is 0 Å². The third-order valence-corrected chi connectivity index (χ3v) is 4.96. The molecule has 0 radical (unpaired) electrons. The zero-order valence-corrected chi connectivity index (χ0v) is 15.3. The Labute approximate surface area is 161 Å². The van der Waals surface area contributed by atoms with E-state index in [1.165, 1.54) is 19.2 Å². The normalized spacial score (nSPS) is 15.1. The van der Waals surface area contributed by atoms with Crippen molar-refractivity contribution in [1.29, 1.82) is 0 Å². The number of ketones is 1. The monoisotopic (exact) mass is 382 g/mol. The molecule has 2 aromatic carbocycles. The number of nitrogens with one attached hydrogen (secondary N) is 1. The molecule has 0 saturated carbocycles. The second kappa shape index (κ2) is 7.00. The van der Waals surface area contributed by atoms with Crippen LogP contribution in [0.25, 0.3) is 11.1 Å². The first kappa shape index (κ1) is 17.5. The summed E-state index contributed by atoms with van der Waals surface area (Å²) < 4.78 is 19.5. The number of hydrogen-bond donors (Lipinski definition) is 1. The van der Waals surface area contributed by atoms with Crippen LogP contribution in [0.4, 0.5) is 10.2 Å². The van der Waals surface area contributed by atoms with E-state index in [0.29, 0.717) is 17.4 Å². The number of halogens is 2. The number of nitrogens with zero attached hydrogens (tertiary/aromatic N) is 1. The Bertz CT molecular complexity index is 1020. The number of hydrogen-bond acceptors (Lipinski definition) is 4. The van der Waals surface area contributed by atoms with E-state index >= 15 is 0 Å². The van der Waals surface area contributed by atoms with Crippen LogP contribution in [-0.2, 0) is 0 Å². The van der Waals surface area contributed by atoms with E-state index in [1.807, 2.05) is 18.2 Å². The van der Waals surface area contributed by atoms with E-state index in [9.17, 15) is 9.18 Å². The van der Waals surface area contributed by atoms with Gasteiger partial charge in [0.05, 0.1) is 18.6 Å². The number of rotatable bonds is 4. The highest BCUT2D eigenvalue weighted by Gasteiger charge is 2.32. The van der Waals surface area contributed by atoms with Crippen molar-refractivity contribution in [2.45, 2.75) is 5.92 Å². The smallest absolute Gasteiger partial charge is 0.175 e. The van der Waals surface area contributed by atoms with Crippen molar-refractivity contribution in [3.8, 4) is 16.9 Å². The summed E-state index contributed by atoms with van der Waals surface area (Å²) in [5, 5.41) is 3.78. The van der Waals surface area contributed by atoms with Gasteiger partial charge in [-0.05, 0) is 35.9 Å². The molecule has 0 aliphatic carbocycles. The summed E-state index contributed by atoms with van der Waals surface area (Å²) in [6.45, 7) is 0.377. The maximum atomic E-state index is 14.5. The van der Waals surface area contributed by atoms with Crippen LogP contribution in [0, 0.1) is 5.82 Å². The zero-order chi connectivity index (χ0) is 19.0. The van der Waals surface area contributed by atoms with Crippen molar-refractivity contribution in [3.63, 3.8) is 0 Å². The molecule has 1 aliphatic heterocycles. The molecule has 0 spiro atoms. The van der Waals surface area contributed by atoms with Gasteiger partial charge in [-0.15, -0.1) is 0 Å². The van der Waals surface area contributed by atoms with Crippen molar-refractivity contribution >= 4 is 23.2 Å². The molecule has 4 rings (SSSR count). The fourth-order valence-corrected chi connectivity index (χ4v) is 3.41. The maximum absolute atomic E-state index is 14.5. The number of fused-ring (bicyclic) bond motifs is 1. The molecule has 1 aromatic heterocycles. The van der Waals surface area contributed by atoms with E-state index in [-0.39, 0.29) is 17.1 Å². The number of ether oxygens (including phenoxy) is 1. The minimum atomic E-state index is -0.639. The van der Waals surface area contributed by atoms with Gasteiger partial charge in [0, 0.05) is 28.9 Å². The Balaban J connectivity index is 1.71. The van der Waals surface area contributed by atoms with Crippen LogP contribution in [0.3, 0.4) is 0 Å². The van der Waals surface area contributed by atoms with Crippen molar-refractivity contribution in [2.75, 3.05) is 19.0 Å². The third kappa shape index (κ3) is 3.15. The zero-order valence-electron chi connectivity index (χ0n) is 14.5. The molecule has 1 aliphatic rings. The molecule has 0 fully saturated rings. The molecule has 2 heterocycles. The van der Waals surface area contributed by atoms with Crippen molar-refractivity contribution in [3.05, 3.63) is 76.7 Å². The Morgan fingerprint density at radius 2 is 2.00 bits per heavy atom. The highest BCUT2D eigenvalue weighted by Crippen LogP contribution is 2.36. The van der Waals surface area contributed by atoms with Gasteiger partial charge in [0.15, 0.2) is 17.3 Å². The Morgan fingerprint density at radius 3 is 2.74 bits per heavy atom. The van der Waals surface area contributed by atoms with Gasteiger partial charge < -0.3 is 10.1 Å². The Hall–Kier alpha value is -2.92. The largest absolute Gasteiger partial charge is 0.494 e. The quantitative estimate of drug-likeness (QED) is 0.649. The molecule has 1 unspecified atom stereocenters. The number of pyridine rings is 1. The number of Topliss-reactive ketones (excluding diaryl/α,β-unsaturated/α-hetero) is 1. The molecule has 6 heteroatoms. The van der Waals surface area contributed by atoms with Gasteiger partial charge in [-0.25, -0.2) is 9.37 Å².